The molecule has 0 aromatic heterocycles. The van der Waals surface area contributed by atoms with Crippen LogP contribution in [0.25, 0.3) is 0 Å². The van der Waals surface area contributed by atoms with Crippen molar-refractivity contribution in [3.05, 3.63) is 113 Å². The van der Waals surface area contributed by atoms with E-state index in [0.29, 0.717) is 6.42 Å². The molecule has 2 atom stereocenters. The smallest absolute Gasteiger partial charge is 0.315 e. The van der Waals surface area contributed by atoms with E-state index in [0.717, 1.165) is 28.0 Å². The summed E-state index contributed by atoms with van der Waals surface area (Å²) in [6.45, 7) is 0. The van der Waals surface area contributed by atoms with Crippen molar-refractivity contribution < 1.29 is 14.3 Å². The highest BCUT2D eigenvalue weighted by molar-refractivity contribution is 5.78. The maximum Gasteiger partial charge on any atom is 0.315 e. The van der Waals surface area contributed by atoms with Crippen LogP contribution in [0.3, 0.4) is 0 Å². The highest BCUT2D eigenvalue weighted by Gasteiger charge is 2.37. The second-order valence-corrected chi connectivity index (χ2v) is 7.14. The van der Waals surface area contributed by atoms with Gasteiger partial charge in [-0.15, -0.1) is 0 Å². The number of hydrogen-bond acceptors (Lipinski definition) is 3. The molecule has 0 aliphatic carbocycles. The molecule has 0 saturated carbocycles. The Morgan fingerprint density at radius 2 is 1.53 bits per heavy atom. The van der Waals surface area contributed by atoms with Gasteiger partial charge in [0.05, 0.1) is 13.0 Å². The van der Waals surface area contributed by atoms with Crippen LogP contribution in [0.5, 0.6) is 5.75 Å². The molecule has 0 saturated heterocycles. The maximum atomic E-state index is 12.8. The van der Waals surface area contributed by atoms with E-state index in [-0.39, 0.29) is 11.9 Å². The summed E-state index contributed by atoms with van der Waals surface area (Å²) >= 11 is 0. The number of allylic oxidation sites excluding steroid dienone is 1. The molecule has 3 aromatic rings. The third kappa shape index (κ3) is 4.29. The second-order valence-electron chi connectivity index (χ2n) is 7.14. The lowest BCUT2D eigenvalue weighted by molar-refractivity contribution is -0.144. The number of methoxy groups -OCH3 is 1. The average Bonchev–Trinajstić information content (AvgIpc) is 2.81. The molecule has 1 aliphatic heterocycles. The van der Waals surface area contributed by atoms with Gasteiger partial charge in [0.1, 0.15) is 12.0 Å². The topological polar surface area (TPSA) is 35.5 Å². The second kappa shape index (κ2) is 9.15. The van der Waals surface area contributed by atoms with E-state index >= 15 is 0 Å². The van der Waals surface area contributed by atoms with Crippen molar-refractivity contribution >= 4 is 5.97 Å². The van der Waals surface area contributed by atoms with Gasteiger partial charge >= 0.3 is 5.97 Å². The van der Waals surface area contributed by atoms with Gasteiger partial charge in [-0.2, -0.15) is 0 Å². The van der Waals surface area contributed by atoms with Crippen LogP contribution in [0.15, 0.2) is 96.8 Å². The van der Waals surface area contributed by atoms with Crippen molar-refractivity contribution in [3.8, 4) is 17.6 Å². The molecule has 0 bridgehead atoms. The molecular weight excluding hydrogens is 372 g/mol. The Morgan fingerprint density at radius 3 is 2.27 bits per heavy atom. The van der Waals surface area contributed by atoms with Gasteiger partial charge in [-0.1, -0.05) is 78.6 Å². The van der Waals surface area contributed by atoms with Crippen LogP contribution in [0, 0.1) is 17.8 Å². The lowest BCUT2D eigenvalue weighted by Crippen LogP contribution is -2.30. The summed E-state index contributed by atoms with van der Waals surface area (Å²) < 4.78 is 10.9. The Bertz CT molecular complexity index is 1100. The van der Waals surface area contributed by atoms with E-state index < -0.39 is 5.92 Å². The minimum absolute atomic E-state index is 0.187. The molecule has 0 unspecified atom stereocenters. The Labute approximate surface area is 177 Å². The first-order valence-electron chi connectivity index (χ1n) is 9.90. The first-order chi connectivity index (χ1) is 14.8. The SMILES string of the molecule is COc1ccccc1C[C@@H]1C(=O)OC=C(C#Cc2ccccc2)[C@H]1c1ccccc1. The number of esters is 1. The van der Waals surface area contributed by atoms with Crippen molar-refractivity contribution in [2.24, 2.45) is 5.92 Å². The summed E-state index contributed by atoms with van der Waals surface area (Å²) in [6, 6.07) is 27.6. The molecule has 3 nitrogen and oxygen atoms in total. The number of rotatable bonds is 4. The molecule has 0 radical (unpaired) electrons. The summed E-state index contributed by atoms with van der Waals surface area (Å²) in [6.07, 6.45) is 2.02. The lowest BCUT2D eigenvalue weighted by atomic mass is 9.76. The standard InChI is InChI=1S/C27H22O3/c1-29-25-15-9-8-14-22(25)18-24-26(21-12-6-3-7-13-21)23(19-30-27(24)28)17-16-20-10-4-2-5-11-20/h2-15,19,24,26H,18H2,1H3/t24-,26+/m0/s1. The zero-order chi connectivity index (χ0) is 20.8. The molecule has 1 aliphatic rings. The lowest BCUT2D eigenvalue weighted by Gasteiger charge is -2.29. The fraction of sp³-hybridized carbons (Fsp3) is 0.148. The summed E-state index contributed by atoms with van der Waals surface area (Å²) in [4.78, 5) is 12.8. The van der Waals surface area contributed by atoms with Gasteiger partial charge in [0.25, 0.3) is 0 Å². The number of ether oxygens (including phenoxy) is 2. The van der Waals surface area contributed by atoms with Crippen LogP contribution < -0.4 is 4.74 Å². The van der Waals surface area contributed by atoms with E-state index in [1.165, 1.54) is 6.26 Å². The van der Waals surface area contributed by atoms with Gasteiger partial charge in [0, 0.05) is 17.1 Å². The zero-order valence-electron chi connectivity index (χ0n) is 16.7. The Kier molecular flexibility index (Phi) is 5.96. The zero-order valence-corrected chi connectivity index (χ0v) is 16.7. The first kappa shape index (κ1) is 19.5. The largest absolute Gasteiger partial charge is 0.496 e. The van der Waals surface area contributed by atoms with Crippen LogP contribution in [-0.2, 0) is 16.0 Å². The minimum atomic E-state index is -0.395. The van der Waals surface area contributed by atoms with Gasteiger partial charge in [0.15, 0.2) is 0 Å². The fourth-order valence-corrected chi connectivity index (χ4v) is 3.79. The van der Waals surface area contributed by atoms with Crippen LogP contribution in [-0.4, -0.2) is 13.1 Å². The van der Waals surface area contributed by atoms with Gasteiger partial charge in [-0.05, 0) is 35.7 Å². The predicted octanol–water partition coefficient (Wildman–Crippen LogP) is 5.13. The molecule has 4 rings (SSSR count). The number of benzene rings is 3. The molecule has 0 N–H and O–H groups in total. The van der Waals surface area contributed by atoms with Crippen LogP contribution in [0.1, 0.15) is 22.6 Å². The molecule has 3 aromatic carbocycles. The summed E-state index contributed by atoms with van der Waals surface area (Å²) in [5.41, 5.74) is 3.73. The predicted molar refractivity (Wildman–Crippen MR) is 117 cm³/mol. The third-order valence-corrected chi connectivity index (χ3v) is 5.26. The van der Waals surface area contributed by atoms with Crippen molar-refractivity contribution in [1.29, 1.82) is 0 Å². The monoisotopic (exact) mass is 394 g/mol. The molecule has 0 amide bonds. The van der Waals surface area contributed by atoms with Crippen molar-refractivity contribution in [2.75, 3.05) is 7.11 Å². The van der Waals surface area contributed by atoms with Gasteiger partial charge in [-0.3, -0.25) is 4.79 Å². The molecule has 0 spiro atoms. The van der Waals surface area contributed by atoms with E-state index in [1.54, 1.807) is 7.11 Å². The maximum absolute atomic E-state index is 12.8. The molecular formula is C27H22O3. The van der Waals surface area contributed by atoms with Crippen molar-refractivity contribution in [1.82, 2.24) is 0 Å². The van der Waals surface area contributed by atoms with Gasteiger partial charge < -0.3 is 9.47 Å². The van der Waals surface area contributed by atoms with E-state index in [2.05, 4.69) is 11.8 Å². The number of cyclic esters (lactones) is 1. The molecule has 3 heteroatoms. The Balaban J connectivity index is 1.74. The summed E-state index contributed by atoms with van der Waals surface area (Å²) in [5.74, 6) is 6.39. The van der Waals surface area contributed by atoms with E-state index in [4.69, 9.17) is 9.47 Å². The number of carbonyl (C=O) groups is 1. The van der Waals surface area contributed by atoms with Crippen LogP contribution >= 0.6 is 0 Å². The fourth-order valence-electron chi connectivity index (χ4n) is 3.79. The molecule has 30 heavy (non-hydrogen) atoms. The summed E-state index contributed by atoms with van der Waals surface area (Å²) in [5, 5.41) is 0. The minimum Gasteiger partial charge on any atom is -0.496 e. The first-order valence-corrected chi connectivity index (χ1v) is 9.90. The van der Waals surface area contributed by atoms with E-state index in [1.807, 2.05) is 84.9 Å². The number of carbonyl (C=O) groups excluding carboxylic acids is 1. The third-order valence-electron chi connectivity index (χ3n) is 5.26. The molecule has 1 heterocycles. The van der Waals surface area contributed by atoms with Crippen LogP contribution in [0.2, 0.25) is 0 Å². The number of hydrogen-bond donors (Lipinski definition) is 0. The van der Waals surface area contributed by atoms with Gasteiger partial charge in [-0.25, -0.2) is 0 Å². The number of para-hydroxylation sites is 1. The Morgan fingerprint density at radius 1 is 0.867 bits per heavy atom. The van der Waals surface area contributed by atoms with Crippen LogP contribution in [0.4, 0.5) is 0 Å². The quantitative estimate of drug-likeness (QED) is 0.455. The van der Waals surface area contributed by atoms with Gasteiger partial charge in [0.2, 0.25) is 0 Å². The van der Waals surface area contributed by atoms with Crippen molar-refractivity contribution in [3.63, 3.8) is 0 Å². The molecule has 148 valence electrons. The highest BCUT2D eigenvalue weighted by Crippen LogP contribution is 2.39. The highest BCUT2D eigenvalue weighted by atomic mass is 16.5. The average molecular weight is 394 g/mol. The summed E-state index contributed by atoms with van der Waals surface area (Å²) in [7, 11) is 1.64. The Hall–Kier alpha value is -3.77. The normalized spacial score (nSPS) is 17.9. The molecule has 0 fully saturated rings. The van der Waals surface area contributed by atoms with Crippen molar-refractivity contribution in [2.45, 2.75) is 12.3 Å². The van der Waals surface area contributed by atoms with E-state index in [9.17, 15) is 4.79 Å².